The van der Waals surface area contributed by atoms with Crippen LogP contribution in [0.2, 0.25) is 19.6 Å². The van der Waals surface area contributed by atoms with Crippen LogP contribution < -0.4 is 10.5 Å². The Morgan fingerprint density at radius 3 is 2.67 bits per heavy atom. The third-order valence-corrected chi connectivity index (χ3v) is 8.12. The summed E-state index contributed by atoms with van der Waals surface area (Å²) in [7, 11) is -1.47. The van der Waals surface area contributed by atoms with Crippen molar-refractivity contribution < 1.29 is 4.79 Å². The van der Waals surface area contributed by atoms with Gasteiger partial charge in [-0.3, -0.25) is 4.79 Å². The number of anilines is 1. The molecule has 2 N–H and O–H groups in total. The molecule has 0 aliphatic heterocycles. The average molecular weight is 453 g/mol. The van der Waals surface area contributed by atoms with Crippen molar-refractivity contribution in [2.24, 2.45) is 0 Å². The van der Waals surface area contributed by atoms with Crippen LogP contribution in [0.5, 0.6) is 0 Å². The molecule has 0 saturated carbocycles. The van der Waals surface area contributed by atoms with Crippen LogP contribution in [-0.2, 0) is 6.54 Å². The number of hydrogen-bond acceptors (Lipinski definition) is 2. The molecule has 5 nitrogen and oxygen atoms in total. The molecule has 5 aromatic rings. The van der Waals surface area contributed by atoms with Crippen molar-refractivity contribution in [2.45, 2.75) is 33.1 Å². The number of carbonyl (C=O) groups excluding carboxylic acids is 1. The van der Waals surface area contributed by atoms with E-state index in [4.69, 9.17) is 0 Å². The van der Waals surface area contributed by atoms with Gasteiger partial charge in [-0.2, -0.15) is 0 Å². The highest BCUT2D eigenvalue weighted by Crippen LogP contribution is 2.24. The van der Waals surface area contributed by atoms with Gasteiger partial charge < -0.3 is 14.9 Å². The van der Waals surface area contributed by atoms with Crippen molar-refractivity contribution in [3.8, 4) is 0 Å². The summed E-state index contributed by atoms with van der Waals surface area (Å²) in [6, 6.07) is 21.0. The molecule has 1 amide bonds. The largest absolute Gasteiger partial charge is 0.346 e. The number of H-pyrrole nitrogens is 1. The van der Waals surface area contributed by atoms with Gasteiger partial charge in [0, 0.05) is 29.0 Å². The van der Waals surface area contributed by atoms with E-state index in [-0.39, 0.29) is 5.91 Å². The van der Waals surface area contributed by atoms with Crippen molar-refractivity contribution in [3.63, 3.8) is 0 Å². The van der Waals surface area contributed by atoms with Crippen LogP contribution in [0.25, 0.3) is 21.9 Å². The Morgan fingerprint density at radius 2 is 1.88 bits per heavy atom. The topological polar surface area (TPSA) is 62.7 Å². The molecule has 5 rings (SSSR count). The molecule has 33 heavy (non-hydrogen) atoms. The lowest BCUT2D eigenvalue weighted by Gasteiger charge is -2.17. The highest BCUT2D eigenvalue weighted by atomic mass is 28.3. The Morgan fingerprint density at radius 1 is 1.03 bits per heavy atom. The molecule has 0 atom stereocenters. The van der Waals surface area contributed by atoms with Crippen molar-refractivity contribution in [3.05, 3.63) is 89.9 Å². The molecule has 166 valence electrons. The number of nitrogens with zero attached hydrogens (tertiary/aromatic N) is 2. The van der Waals surface area contributed by atoms with E-state index in [2.05, 4.69) is 88.9 Å². The lowest BCUT2D eigenvalue weighted by atomic mass is 10.1. The van der Waals surface area contributed by atoms with E-state index in [0.717, 1.165) is 21.9 Å². The monoisotopic (exact) mass is 452 g/mol. The first-order valence-electron chi connectivity index (χ1n) is 11.2. The maximum atomic E-state index is 13.5. The number of aromatic nitrogens is 3. The molecule has 0 bridgehead atoms. The van der Waals surface area contributed by atoms with E-state index in [1.54, 1.807) is 6.20 Å². The Bertz CT molecular complexity index is 1490. The standard InChI is InChI=1S/C27H28N4OSi/c1-18-6-5-7-19(12-18)17-31-24-9-8-23(33(2,3)4)14-21(24)15-25(31)27(32)30-22-13-20-10-11-28-26(20)29-16-22/h5-16H,17H2,1-4H3,(H,28,29)(H,30,32). The predicted octanol–water partition coefficient (Wildman–Crippen LogP) is 5.67. The van der Waals surface area contributed by atoms with E-state index in [1.165, 1.54) is 16.3 Å². The fourth-order valence-electron chi connectivity index (χ4n) is 4.29. The minimum atomic E-state index is -1.47. The van der Waals surface area contributed by atoms with Crippen LogP contribution in [0.1, 0.15) is 21.6 Å². The van der Waals surface area contributed by atoms with Crippen molar-refractivity contribution in [1.82, 2.24) is 14.5 Å². The van der Waals surface area contributed by atoms with E-state index < -0.39 is 8.07 Å². The second-order valence-electron chi connectivity index (χ2n) is 9.72. The first-order chi connectivity index (χ1) is 15.8. The lowest BCUT2D eigenvalue weighted by Crippen LogP contribution is -2.37. The quantitative estimate of drug-likeness (QED) is 0.337. The van der Waals surface area contributed by atoms with E-state index >= 15 is 0 Å². The van der Waals surface area contributed by atoms with Gasteiger partial charge in [0.25, 0.3) is 5.91 Å². The first-order valence-corrected chi connectivity index (χ1v) is 14.7. The van der Waals surface area contributed by atoms with E-state index in [1.807, 2.05) is 24.4 Å². The second kappa shape index (κ2) is 8.05. The minimum absolute atomic E-state index is 0.134. The number of hydrogen-bond donors (Lipinski definition) is 2. The van der Waals surface area contributed by atoms with Crippen LogP contribution in [0.4, 0.5) is 5.69 Å². The summed E-state index contributed by atoms with van der Waals surface area (Å²) in [5.41, 5.74) is 5.59. The Kier molecular flexibility index (Phi) is 5.17. The third-order valence-electron chi connectivity index (χ3n) is 6.08. The van der Waals surface area contributed by atoms with Crippen LogP contribution >= 0.6 is 0 Å². The fraction of sp³-hybridized carbons (Fsp3) is 0.185. The number of benzene rings is 2. The molecule has 0 radical (unpaired) electrons. The average Bonchev–Trinajstić information content (AvgIpc) is 3.37. The molecule has 0 spiro atoms. The minimum Gasteiger partial charge on any atom is -0.346 e. The molecule has 0 fully saturated rings. The summed E-state index contributed by atoms with van der Waals surface area (Å²) in [5, 5.41) is 6.51. The maximum Gasteiger partial charge on any atom is 0.272 e. The summed E-state index contributed by atoms with van der Waals surface area (Å²) in [5.74, 6) is -0.134. The highest BCUT2D eigenvalue weighted by Gasteiger charge is 2.21. The number of nitrogens with one attached hydrogen (secondary N) is 2. The highest BCUT2D eigenvalue weighted by molar-refractivity contribution is 6.88. The molecule has 3 aromatic heterocycles. The van der Waals surface area contributed by atoms with Crippen LogP contribution in [-0.4, -0.2) is 28.5 Å². The molecule has 0 aliphatic rings. The molecule has 0 unspecified atom stereocenters. The molecular formula is C27H28N4OSi. The Hall–Kier alpha value is -3.64. The number of pyridine rings is 1. The summed E-state index contributed by atoms with van der Waals surface area (Å²) >= 11 is 0. The van der Waals surface area contributed by atoms with Gasteiger partial charge in [-0.1, -0.05) is 66.8 Å². The molecule has 0 saturated heterocycles. The van der Waals surface area contributed by atoms with Crippen molar-refractivity contribution >= 4 is 46.8 Å². The molecule has 3 heterocycles. The molecule has 0 aliphatic carbocycles. The number of carbonyl (C=O) groups is 1. The smallest absolute Gasteiger partial charge is 0.272 e. The zero-order chi connectivity index (χ0) is 23.2. The molecule has 2 aromatic carbocycles. The predicted molar refractivity (Wildman–Crippen MR) is 139 cm³/mol. The Balaban J connectivity index is 1.57. The zero-order valence-corrected chi connectivity index (χ0v) is 20.4. The molecule has 6 heteroatoms. The normalized spacial score (nSPS) is 11.9. The number of aromatic amines is 1. The summed E-state index contributed by atoms with van der Waals surface area (Å²) in [4.78, 5) is 20.9. The second-order valence-corrected chi connectivity index (χ2v) is 14.8. The van der Waals surface area contributed by atoms with Gasteiger partial charge in [0.05, 0.1) is 20.0 Å². The maximum absolute atomic E-state index is 13.5. The number of aryl methyl sites for hydroxylation is 1. The first kappa shape index (κ1) is 21.2. The van der Waals surface area contributed by atoms with Crippen LogP contribution in [0.3, 0.4) is 0 Å². The summed E-state index contributed by atoms with van der Waals surface area (Å²) in [6.45, 7) is 9.76. The van der Waals surface area contributed by atoms with Gasteiger partial charge in [-0.25, -0.2) is 4.98 Å². The number of fused-ring (bicyclic) bond motifs is 2. The van der Waals surface area contributed by atoms with Gasteiger partial charge >= 0.3 is 0 Å². The van der Waals surface area contributed by atoms with Crippen LogP contribution in [0, 0.1) is 6.92 Å². The Labute approximate surface area is 194 Å². The molecular weight excluding hydrogens is 424 g/mol. The fourth-order valence-corrected chi connectivity index (χ4v) is 5.46. The summed E-state index contributed by atoms with van der Waals surface area (Å²) < 4.78 is 2.12. The zero-order valence-electron chi connectivity index (χ0n) is 19.4. The number of amides is 1. The van der Waals surface area contributed by atoms with Gasteiger partial charge in [0.2, 0.25) is 0 Å². The van der Waals surface area contributed by atoms with Gasteiger partial charge in [0.1, 0.15) is 11.3 Å². The lowest BCUT2D eigenvalue weighted by molar-refractivity contribution is 0.101. The van der Waals surface area contributed by atoms with Crippen molar-refractivity contribution in [1.29, 1.82) is 0 Å². The van der Waals surface area contributed by atoms with Gasteiger partial charge in [-0.05, 0) is 36.8 Å². The third kappa shape index (κ3) is 4.22. The SMILES string of the molecule is Cc1cccc(Cn2c(C(=O)Nc3cnc4[nH]ccc4c3)cc3cc([Si](C)(C)C)ccc32)c1. The van der Waals surface area contributed by atoms with Gasteiger partial charge in [0.15, 0.2) is 0 Å². The summed E-state index contributed by atoms with van der Waals surface area (Å²) in [6.07, 6.45) is 3.53. The van der Waals surface area contributed by atoms with Crippen LogP contribution in [0.15, 0.2) is 73.1 Å². The van der Waals surface area contributed by atoms with E-state index in [0.29, 0.717) is 17.9 Å². The van der Waals surface area contributed by atoms with E-state index in [9.17, 15) is 4.79 Å². The number of rotatable bonds is 5. The van der Waals surface area contributed by atoms with Crippen molar-refractivity contribution in [2.75, 3.05) is 5.32 Å². The van der Waals surface area contributed by atoms with Gasteiger partial charge in [-0.15, -0.1) is 0 Å².